The summed E-state index contributed by atoms with van der Waals surface area (Å²) in [6.07, 6.45) is 1.76. The monoisotopic (exact) mass is 407 g/mol. The average molecular weight is 408 g/mol. The van der Waals surface area contributed by atoms with Crippen LogP contribution in [0.2, 0.25) is 0 Å². The number of benzene rings is 3. The average Bonchev–Trinajstić information content (AvgIpc) is 3.02. The summed E-state index contributed by atoms with van der Waals surface area (Å²) in [5.41, 5.74) is 1.91. The van der Waals surface area contributed by atoms with Crippen molar-refractivity contribution in [1.82, 2.24) is 0 Å². The summed E-state index contributed by atoms with van der Waals surface area (Å²) in [4.78, 5) is 16.6. The Kier molecular flexibility index (Phi) is 4.31. The lowest BCUT2D eigenvalue weighted by Crippen LogP contribution is -2.05. The van der Waals surface area contributed by atoms with Gasteiger partial charge in [-0.2, -0.15) is 0 Å². The van der Waals surface area contributed by atoms with Gasteiger partial charge in [-0.25, -0.2) is 9.79 Å². The van der Waals surface area contributed by atoms with E-state index in [1.165, 1.54) is 0 Å². The molecule has 26 heavy (non-hydrogen) atoms. The second-order valence-corrected chi connectivity index (χ2v) is 6.61. The normalized spacial score (nSPS) is 15.2. The van der Waals surface area contributed by atoms with E-state index in [-0.39, 0.29) is 11.6 Å². The number of rotatable bonds is 3. The molecule has 1 aliphatic heterocycles. The molecule has 4 rings (SSSR count). The second-order valence-electron chi connectivity index (χ2n) is 5.75. The number of hydrogen-bond donors (Lipinski definition) is 0. The molecule has 0 saturated carbocycles. The molecule has 0 atom stereocenters. The van der Waals surface area contributed by atoms with Crippen molar-refractivity contribution in [3.05, 3.63) is 82.0 Å². The molecule has 0 N–H and O–H groups in total. The number of carbonyl (C=O) groups is 1. The van der Waals surface area contributed by atoms with E-state index in [4.69, 9.17) is 9.47 Å². The van der Waals surface area contributed by atoms with Gasteiger partial charge in [-0.15, -0.1) is 0 Å². The largest absolute Gasteiger partial charge is 0.496 e. The van der Waals surface area contributed by atoms with Crippen LogP contribution in [-0.4, -0.2) is 19.0 Å². The molecule has 0 aromatic heterocycles. The molecule has 0 unspecified atom stereocenters. The molecule has 0 radical (unpaired) electrons. The van der Waals surface area contributed by atoms with Gasteiger partial charge in [-0.1, -0.05) is 42.5 Å². The molecule has 0 spiro atoms. The van der Waals surface area contributed by atoms with Crippen molar-refractivity contribution in [3.8, 4) is 5.75 Å². The van der Waals surface area contributed by atoms with Crippen LogP contribution in [-0.2, 0) is 9.53 Å². The number of aliphatic imine (C=N–C) groups is 1. The summed E-state index contributed by atoms with van der Waals surface area (Å²) in [7, 11) is 1.60. The molecule has 0 bridgehead atoms. The van der Waals surface area contributed by atoms with Crippen molar-refractivity contribution in [1.29, 1.82) is 0 Å². The highest BCUT2D eigenvalue weighted by molar-refractivity contribution is 9.10. The van der Waals surface area contributed by atoms with Gasteiger partial charge in [0.25, 0.3) is 0 Å². The third kappa shape index (κ3) is 3.02. The SMILES string of the molecule is COc1ccc(C2=N/C(=C/c3cccc4ccccc34)C(=O)O2)cc1Br. The molecule has 3 aromatic rings. The zero-order valence-electron chi connectivity index (χ0n) is 13.9. The van der Waals surface area contributed by atoms with Crippen LogP contribution in [0.3, 0.4) is 0 Å². The lowest BCUT2D eigenvalue weighted by molar-refractivity contribution is -0.129. The fourth-order valence-electron chi connectivity index (χ4n) is 2.86. The number of fused-ring (bicyclic) bond motifs is 1. The van der Waals surface area contributed by atoms with E-state index in [0.29, 0.717) is 11.3 Å². The first-order chi connectivity index (χ1) is 12.7. The van der Waals surface area contributed by atoms with Crippen LogP contribution < -0.4 is 4.74 Å². The standard InChI is InChI=1S/C21H14BrNO3/c1-25-19-10-9-15(11-17(19)22)20-23-18(21(24)26-20)12-14-7-4-6-13-5-2-3-8-16(13)14/h2-12H,1H3/b18-12+. The number of ether oxygens (including phenoxy) is 2. The zero-order chi connectivity index (χ0) is 18.1. The van der Waals surface area contributed by atoms with E-state index in [1.807, 2.05) is 48.5 Å². The van der Waals surface area contributed by atoms with Crippen molar-refractivity contribution in [2.75, 3.05) is 7.11 Å². The van der Waals surface area contributed by atoms with Gasteiger partial charge in [0.05, 0.1) is 11.6 Å². The van der Waals surface area contributed by atoms with Gasteiger partial charge in [0, 0.05) is 5.56 Å². The number of carbonyl (C=O) groups excluding carboxylic acids is 1. The van der Waals surface area contributed by atoms with Gasteiger partial charge in [0.1, 0.15) is 5.75 Å². The molecule has 1 heterocycles. The minimum Gasteiger partial charge on any atom is -0.496 e. The summed E-state index contributed by atoms with van der Waals surface area (Å²) in [5, 5.41) is 2.17. The molecule has 128 valence electrons. The molecule has 4 nitrogen and oxygen atoms in total. The third-order valence-corrected chi connectivity index (χ3v) is 4.75. The summed E-state index contributed by atoms with van der Waals surface area (Å²) >= 11 is 3.43. The molecular formula is C21H14BrNO3. The van der Waals surface area contributed by atoms with E-state index in [9.17, 15) is 4.79 Å². The maximum atomic E-state index is 12.3. The Morgan fingerprint density at radius 1 is 1.08 bits per heavy atom. The quantitative estimate of drug-likeness (QED) is 0.455. The lowest BCUT2D eigenvalue weighted by atomic mass is 10.0. The van der Waals surface area contributed by atoms with Crippen LogP contribution in [0.1, 0.15) is 11.1 Å². The van der Waals surface area contributed by atoms with Crippen LogP contribution in [0.15, 0.2) is 75.8 Å². The number of methoxy groups -OCH3 is 1. The Balaban J connectivity index is 1.74. The maximum Gasteiger partial charge on any atom is 0.363 e. The number of hydrogen-bond acceptors (Lipinski definition) is 4. The number of nitrogens with zero attached hydrogens (tertiary/aromatic N) is 1. The Morgan fingerprint density at radius 2 is 1.88 bits per heavy atom. The smallest absolute Gasteiger partial charge is 0.363 e. The summed E-state index contributed by atoms with van der Waals surface area (Å²) in [6, 6.07) is 19.4. The van der Waals surface area contributed by atoms with Crippen molar-refractivity contribution in [3.63, 3.8) is 0 Å². The summed E-state index contributed by atoms with van der Waals surface area (Å²) in [6.45, 7) is 0. The predicted octanol–water partition coefficient (Wildman–Crippen LogP) is 4.96. The van der Waals surface area contributed by atoms with Crippen molar-refractivity contribution >= 4 is 44.6 Å². The van der Waals surface area contributed by atoms with Gasteiger partial charge in [-0.05, 0) is 56.5 Å². The second kappa shape index (κ2) is 6.77. The topological polar surface area (TPSA) is 47.9 Å². The van der Waals surface area contributed by atoms with Crippen LogP contribution >= 0.6 is 15.9 Å². The summed E-state index contributed by atoms with van der Waals surface area (Å²) in [5.74, 6) is 0.523. The minimum absolute atomic E-state index is 0.281. The van der Waals surface area contributed by atoms with Gasteiger partial charge in [0.15, 0.2) is 5.70 Å². The van der Waals surface area contributed by atoms with Gasteiger partial charge >= 0.3 is 5.97 Å². The van der Waals surface area contributed by atoms with Crippen LogP contribution in [0.5, 0.6) is 5.75 Å². The number of cyclic esters (lactones) is 1. The molecule has 1 aliphatic rings. The van der Waals surface area contributed by atoms with E-state index in [2.05, 4.69) is 20.9 Å². The Hall–Kier alpha value is -2.92. The zero-order valence-corrected chi connectivity index (χ0v) is 15.5. The van der Waals surface area contributed by atoms with Crippen LogP contribution in [0, 0.1) is 0 Å². The van der Waals surface area contributed by atoms with E-state index in [1.54, 1.807) is 25.3 Å². The predicted molar refractivity (Wildman–Crippen MR) is 105 cm³/mol. The van der Waals surface area contributed by atoms with E-state index >= 15 is 0 Å². The van der Waals surface area contributed by atoms with E-state index in [0.717, 1.165) is 20.8 Å². The van der Waals surface area contributed by atoms with Crippen LogP contribution in [0.4, 0.5) is 0 Å². The van der Waals surface area contributed by atoms with Crippen molar-refractivity contribution in [2.24, 2.45) is 4.99 Å². The van der Waals surface area contributed by atoms with Crippen molar-refractivity contribution < 1.29 is 14.3 Å². The molecule has 0 fully saturated rings. The highest BCUT2D eigenvalue weighted by Gasteiger charge is 2.24. The van der Waals surface area contributed by atoms with Gasteiger partial charge < -0.3 is 9.47 Å². The molecule has 0 aliphatic carbocycles. The Bertz CT molecular complexity index is 1080. The number of halogens is 1. The molecular weight excluding hydrogens is 394 g/mol. The maximum absolute atomic E-state index is 12.3. The van der Waals surface area contributed by atoms with Gasteiger partial charge in [0.2, 0.25) is 5.90 Å². The van der Waals surface area contributed by atoms with Crippen molar-refractivity contribution in [2.45, 2.75) is 0 Å². The van der Waals surface area contributed by atoms with Crippen LogP contribution in [0.25, 0.3) is 16.8 Å². The first kappa shape index (κ1) is 16.5. The molecule has 0 amide bonds. The first-order valence-electron chi connectivity index (χ1n) is 8.00. The molecule has 0 saturated heterocycles. The minimum atomic E-state index is -0.458. The fourth-order valence-corrected chi connectivity index (χ4v) is 3.40. The first-order valence-corrected chi connectivity index (χ1v) is 8.79. The summed E-state index contributed by atoms with van der Waals surface area (Å²) < 4.78 is 11.3. The molecule has 3 aromatic carbocycles. The highest BCUT2D eigenvalue weighted by atomic mass is 79.9. The fraction of sp³-hybridized carbons (Fsp3) is 0.0476. The number of esters is 1. The third-order valence-electron chi connectivity index (χ3n) is 4.13. The Labute approximate surface area is 158 Å². The van der Waals surface area contributed by atoms with E-state index < -0.39 is 5.97 Å². The highest BCUT2D eigenvalue weighted by Crippen LogP contribution is 2.28. The van der Waals surface area contributed by atoms with Gasteiger partial charge in [-0.3, -0.25) is 0 Å². The lowest BCUT2D eigenvalue weighted by Gasteiger charge is -2.05. The molecule has 5 heteroatoms. The Morgan fingerprint density at radius 3 is 2.69 bits per heavy atom.